The summed E-state index contributed by atoms with van der Waals surface area (Å²) in [5, 5.41) is 17.7. The number of amides is 1. The van der Waals surface area contributed by atoms with E-state index in [9.17, 15) is 9.59 Å². The predicted octanol–water partition coefficient (Wildman–Crippen LogP) is 5.32. The zero-order valence-corrected chi connectivity index (χ0v) is 18.0. The number of aliphatic carboxylic acids is 1. The molecule has 0 aromatic rings. The monoisotopic (exact) mass is 397 g/mol. The first-order valence-corrected chi connectivity index (χ1v) is 11.4. The molecule has 0 rings (SSSR count). The Morgan fingerprint density at radius 1 is 0.750 bits per heavy atom. The van der Waals surface area contributed by atoms with E-state index in [0.717, 1.165) is 25.7 Å². The fourth-order valence-corrected chi connectivity index (χ4v) is 3.22. The number of carbonyl (C=O) groups excluding carboxylic acids is 1. The second-order valence-electron chi connectivity index (χ2n) is 7.58. The maximum Gasteiger partial charge on any atom is 0.305 e. The molecule has 5 heteroatoms. The Kier molecular flexibility index (Phi) is 19.4. The predicted molar refractivity (Wildman–Crippen MR) is 115 cm³/mol. The lowest BCUT2D eigenvalue weighted by Gasteiger charge is -2.20. The summed E-state index contributed by atoms with van der Waals surface area (Å²) < 4.78 is 0. The second-order valence-corrected chi connectivity index (χ2v) is 7.58. The third-order valence-corrected chi connectivity index (χ3v) is 4.97. The zero-order valence-electron chi connectivity index (χ0n) is 18.0. The van der Waals surface area contributed by atoms with Gasteiger partial charge in [0.2, 0.25) is 5.91 Å². The number of hydrogen-bond acceptors (Lipinski definition) is 3. The van der Waals surface area contributed by atoms with E-state index in [2.05, 4.69) is 19.1 Å². The summed E-state index contributed by atoms with van der Waals surface area (Å²) in [4.78, 5) is 24.2. The van der Waals surface area contributed by atoms with Crippen molar-refractivity contribution < 1.29 is 19.8 Å². The number of aliphatic hydroxyl groups is 1. The van der Waals surface area contributed by atoms with Crippen LogP contribution < -0.4 is 0 Å². The molecule has 0 aliphatic rings. The first-order valence-electron chi connectivity index (χ1n) is 11.4. The highest BCUT2D eigenvalue weighted by molar-refractivity contribution is 5.77. The van der Waals surface area contributed by atoms with Crippen LogP contribution in [0.25, 0.3) is 0 Å². The Hall–Kier alpha value is -1.36. The van der Waals surface area contributed by atoms with Crippen LogP contribution in [0.2, 0.25) is 0 Å². The summed E-state index contributed by atoms with van der Waals surface area (Å²) >= 11 is 0. The van der Waals surface area contributed by atoms with Gasteiger partial charge in [0, 0.05) is 19.5 Å². The molecule has 0 saturated carbocycles. The van der Waals surface area contributed by atoms with Crippen molar-refractivity contribution in [1.82, 2.24) is 4.90 Å². The van der Waals surface area contributed by atoms with Crippen LogP contribution >= 0.6 is 0 Å². The average Bonchev–Trinajstić information content (AvgIpc) is 2.67. The molecule has 0 radical (unpaired) electrons. The summed E-state index contributed by atoms with van der Waals surface area (Å²) in [5.74, 6) is -0.968. The number of unbranched alkanes of at least 4 members (excludes halogenated alkanes) is 11. The number of aliphatic hydroxyl groups excluding tert-OH is 1. The quantitative estimate of drug-likeness (QED) is 0.215. The van der Waals surface area contributed by atoms with Crippen LogP contribution in [-0.4, -0.2) is 46.7 Å². The molecule has 2 N–H and O–H groups in total. The summed E-state index contributed by atoms with van der Waals surface area (Å²) in [5.41, 5.74) is 0. The van der Waals surface area contributed by atoms with Crippen molar-refractivity contribution in [1.29, 1.82) is 0 Å². The van der Waals surface area contributed by atoms with Crippen LogP contribution in [0.4, 0.5) is 0 Å². The van der Waals surface area contributed by atoms with Crippen LogP contribution in [0.5, 0.6) is 0 Å². The molecule has 0 fully saturated rings. The third-order valence-electron chi connectivity index (χ3n) is 4.97. The van der Waals surface area contributed by atoms with Gasteiger partial charge in [-0.3, -0.25) is 9.59 Å². The minimum absolute atomic E-state index is 0.0482. The number of allylic oxidation sites excluding steroid dienone is 2. The van der Waals surface area contributed by atoms with Crippen molar-refractivity contribution in [3.05, 3.63) is 12.2 Å². The Bertz CT molecular complexity index is 409. The van der Waals surface area contributed by atoms with Crippen molar-refractivity contribution in [2.45, 2.75) is 103 Å². The molecule has 28 heavy (non-hydrogen) atoms. The summed E-state index contributed by atoms with van der Waals surface area (Å²) in [6.07, 6.45) is 20.9. The molecule has 0 aliphatic heterocycles. The summed E-state index contributed by atoms with van der Waals surface area (Å²) in [7, 11) is 0. The van der Waals surface area contributed by atoms with E-state index in [1.807, 2.05) is 0 Å². The number of nitrogens with zero attached hydrogens (tertiary/aromatic N) is 1. The fraction of sp³-hybridized carbons (Fsp3) is 0.826. The average molecular weight is 398 g/mol. The SMILES string of the molecule is CCCCCCCC/C=C\CCCCCCCC(=O)N(CCO)CCC(=O)O. The van der Waals surface area contributed by atoms with E-state index < -0.39 is 5.97 Å². The van der Waals surface area contributed by atoms with Gasteiger partial charge in [-0.2, -0.15) is 0 Å². The standard InChI is InChI=1S/C23H43NO4/c1-2-3-4-5-6-7-8-9-10-11-12-13-14-15-16-17-22(26)24(20-21-25)19-18-23(27)28/h9-10,25H,2-8,11-21H2,1H3,(H,27,28)/b10-9-. The van der Waals surface area contributed by atoms with Crippen LogP contribution in [-0.2, 0) is 9.59 Å². The van der Waals surface area contributed by atoms with E-state index in [1.54, 1.807) is 0 Å². The lowest BCUT2D eigenvalue weighted by Crippen LogP contribution is -2.35. The lowest BCUT2D eigenvalue weighted by atomic mass is 10.1. The Morgan fingerprint density at radius 2 is 1.29 bits per heavy atom. The van der Waals surface area contributed by atoms with Crippen molar-refractivity contribution in [3.63, 3.8) is 0 Å². The van der Waals surface area contributed by atoms with Crippen molar-refractivity contribution in [3.8, 4) is 0 Å². The van der Waals surface area contributed by atoms with Gasteiger partial charge in [0.25, 0.3) is 0 Å². The van der Waals surface area contributed by atoms with E-state index >= 15 is 0 Å². The van der Waals surface area contributed by atoms with Gasteiger partial charge in [-0.1, -0.05) is 70.4 Å². The van der Waals surface area contributed by atoms with Gasteiger partial charge in [0.15, 0.2) is 0 Å². The molecule has 0 bridgehead atoms. The van der Waals surface area contributed by atoms with Crippen LogP contribution in [0.3, 0.4) is 0 Å². The molecular weight excluding hydrogens is 354 g/mol. The highest BCUT2D eigenvalue weighted by Crippen LogP contribution is 2.11. The Morgan fingerprint density at radius 3 is 1.82 bits per heavy atom. The minimum Gasteiger partial charge on any atom is -0.481 e. The number of carboxylic acids is 1. The van der Waals surface area contributed by atoms with Gasteiger partial charge in [-0.25, -0.2) is 0 Å². The lowest BCUT2D eigenvalue weighted by molar-refractivity contribution is -0.138. The number of hydrogen-bond donors (Lipinski definition) is 2. The third kappa shape index (κ3) is 18.0. The van der Waals surface area contributed by atoms with Gasteiger partial charge in [0.05, 0.1) is 13.0 Å². The first kappa shape index (κ1) is 26.6. The van der Waals surface area contributed by atoms with Gasteiger partial charge in [-0.05, 0) is 32.1 Å². The zero-order chi connectivity index (χ0) is 20.9. The molecule has 0 unspecified atom stereocenters. The van der Waals surface area contributed by atoms with E-state index in [-0.39, 0.29) is 32.0 Å². The molecule has 164 valence electrons. The summed E-state index contributed by atoms with van der Waals surface area (Å²) in [6.45, 7) is 2.52. The first-order chi connectivity index (χ1) is 13.6. The molecule has 0 atom stereocenters. The largest absolute Gasteiger partial charge is 0.481 e. The smallest absolute Gasteiger partial charge is 0.305 e. The number of rotatable bonds is 20. The second kappa shape index (κ2) is 20.4. The normalized spacial score (nSPS) is 11.2. The molecule has 0 spiro atoms. The van der Waals surface area contributed by atoms with E-state index in [4.69, 9.17) is 10.2 Å². The van der Waals surface area contributed by atoms with Gasteiger partial charge >= 0.3 is 5.97 Å². The topological polar surface area (TPSA) is 77.8 Å². The number of carboxylic acid groups (broad SMARTS) is 1. The van der Waals surface area contributed by atoms with Crippen molar-refractivity contribution >= 4 is 11.9 Å². The van der Waals surface area contributed by atoms with Crippen molar-refractivity contribution in [2.24, 2.45) is 0 Å². The molecule has 5 nitrogen and oxygen atoms in total. The van der Waals surface area contributed by atoms with Gasteiger partial charge in [-0.15, -0.1) is 0 Å². The van der Waals surface area contributed by atoms with Crippen LogP contribution in [0, 0.1) is 0 Å². The maximum atomic E-state index is 12.1. The molecule has 0 saturated heterocycles. The van der Waals surface area contributed by atoms with Crippen LogP contribution in [0.1, 0.15) is 103 Å². The molecule has 0 aliphatic carbocycles. The Labute approximate surface area is 172 Å². The summed E-state index contributed by atoms with van der Waals surface area (Å²) in [6, 6.07) is 0. The fourth-order valence-electron chi connectivity index (χ4n) is 3.22. The number of carbonyl (C=O) groups is 2. The van der Waals surface area contributed by atoms with Crippen molar-refractivity contribution in [2.75, 3.05) is 19.7 Å². The molecule has 0 heterocycles. The van der Waals surface area contributed by atoms with Gasteiger partial charge < -0.3 is 15.1 Å². The van der Waals surface area contributed by atoms with Gasteiger partial charge in [0.1, 0.15) is 0 Å². The molecule has 0 aromatic carbocycles. The molecule has 1 amide bonds. The Balaban J connectivity index is 3.53. The molecule has 0 aromatic heterocycles. The van der Waals surface area contributed by atoms with E-state index in [1.165, 1.54) is 62.7 Å². The minimum atomic E-state index is -0.920. The highest BCUT2D eigenvalue weighted by atomic mass is 16.4. The molecular formula is C23H43NO4. The highest BCUT2D eigenvalue weighted by Gasteiger charge is 2.13. The van der Waals surface area contributed by atoms with E-state index in [0.29, 0.717) is 6.42 Å². The van der Waals surface area contributed by atoms with Crippen LogP contribution in [0.15, 0.2) is 12.2 Å². The maximum absolute atomic E-state index is 12.1.